The van der Waals surface area contributed by atoms with Crippen LogP contribution in [0.1, 0.15) is 15.9 Å². The van der Waals surface area contributed by atoms with Gasteiger partial charge in [0.1, 0.15) is 5.75 Å². The fourth-order valence-corrected chi connectivity index (χ4v) is 2.69. The van der Waals surface area contributed by atoms with E-state index in [9.17, 15) is 19.7 Å². The number of nitrogens with one attached hydrogen (secondary N) is 1. The smallest absolute Gasteiger partial charge is 0.343 e. The second kappa shape index (κ2) is 8.23. The van der Waals surface area contributed by atoms with Crippen molar-refractivity contribution >= 4 is 40.7 Å². The van der Waals surface area contributed by atoms with Crippen molar-refractivity contribution < 1.29 is 19.2 Å². The van der Waals surface area contributed by atoms with Crippen LogP contribution in [0.5, 0.6) is 5.75 Å². The number of thioether (sulfide) groups is 1. The maximum atomic E-state index is 12.1. The van der Waals surface area contributed by atoms with Crippen molar-refractivity contribution in [1.82, 2.24) is 5.32 Å². The van der Waals surface area contributed by atoms with Crippen molar-refractivity contribution in [3.63, 3.8) is 0 Å². The fraction of sp³-hybridized carbons (Fsp3) is 0.0588. The first kappa shape index (κ1) is 18.3. The summed E-state index contributed by atoms with van der Waals surface area (Å²) < 4.78 is 5.20. The minimum absolute atomic E-state index is 0.0850. The van der Waals surface area contributed by atoms with E-state index in [0.29, 0.717) is 16.5 Å². The molecule has 1 saturated heterocycles. The van der Waals surface area contributed by atoms with Gasteiger partial charge in [0.05, 0.1) is 22.5 Å². The second-order valence-electron chi connectivity index (χ2n) is 5.25. The van der Waals surface area contributed by atoms with E-state index in [-0.39, 0.29) is 22.9 Å². The molecule has 1 heterocycles. The number of amidine groups is 1. The highest BCUT2D eigenvalue weighted by molar-refractivity contribution is 8.15. The van der Waals surface area contributed by atoms with Crippen molar-refractivity contribution in [3.8, 4) is 5.75 Å². The van der Waals surface area contributed by atoms with Crippen LogP contribution in [0.15, 0.2) is 58.7 Å². The zero-order chi connectivity index (χ0) is 19.2. The standard InChI is InChI=1S/C17H12N4O5S/c22-15-10-27-17(19-15)20-18-9-11-4-6-14(7-5-11)26-16(23)12-2-1-3-13(8-12)21(24)25/h1-9H,10H2,(H,19,20,22)/b18-9+. The number of nitro benzene ring substituents is 1. The molecule has 1 fully saturated rings. The highest BCUT2D eigenvalue weighted by atomic mass is 32.2. The number of nitro groups is 1. The zero-order valence-electron chi connectivity index (χ0n) is 13.7. The van der Waals surface area contributed by atoms with E-state index in [1.165, 1.54) is 36.2 Å². The molecule has 0 bridgehead atoms. The Morgan fingerprint density at radius 2 is 2.04 bits per heavy atom. The lowest BCUT2D eigenvalue weighted by Gasteiger charge is -2.04. The topological polar surface area (TPSA) is 123 Å². The summed E-state index contributed by atoms with van der Waals surface area (Å²) in [6, 6.07) is 11.8. The summed E-state index contributed by atoms with van der Waals surface area (Å²) in [6.45, 7) is 0. The Bertz CT molecular complexity index is 956. The Morgan fingerprint density at radius 1 is 1.26 bits per heavy atom. The molecule has 0 spiro atoms. The van der Waals surface area contributed by atoms with Crippen LogP contribution in [-0.2, 0) is 4.79 Å². The van der Waals surface area contributed by atoms with Gasteiger partial charge in [-0.15, -0.1) is 5.10 Å². The first-order valence-electron chi connectivity index (χ1n) is 7.61. The third-order valence-electron chi connectivity index (χ3n) is 3.33. The molecule has 3 rings (SSSR count). The highest BCUT2D eigenvalue weighted by Crippen LogP contribution is 2.17. The van der Waals surface area contributed by atoms with Crippen LogP contribution < -0.4 is 10.1 Å². The Labute approximate surface area is 157 Å². The Morgan fingerprint density at radius 3 is 2.70 bits per heavy atom. The van der Waals surface area contributed by atoms with Gasteiger partial charge in [-0.25, -0.2) is 4.79 Å². The lowest BCUT2D eigenvalue weighted by Crippen LogP contribution is -2.19. The van der Waals surface area contributed by atoms with E-state index in [1.54, 1.807) is 24.3 Å². The first-order valence-corrected chi connectivity index (χ1v) is 8.60. The molecule has 0 aliphatic carbocycles. The van der Waals surface area contributed by atoms with E-state index >= 15 is 0 Å². The second-order valence-corrected chi connectivity index (χ2v) is 6.22. The highest BCUT2D eigenvalue weighted by Gasteiger charge is 2.16. The van der Waals surface area contributed by atoms with Gasteiger partial charge in [-0.3, -0.25) is 14.9 Å². The average Bonchev–Trinajstić information content (AvgIpc) is 3.08. The third kappa shape index (κ3) is 4.98. The lowest BCUT2D eigenvalue weighted by atomic mass is 10.2. The molecule has 0 saturated carbocycles. The molecule has 136 valence electrons. The number of hydrogen-bond donors (Lipinski definition) is 1. The lowest BCUT2D eigenvalue weighted by molar-refractivity contribution is -0.384. The maximum Gasteiger partial charge on any atom is 0.343 e. The van der Waals surface area contributed by atoms with E-state index in [1.807, 2.05) is 0 Å². The number of ether oxygens (including phenoxy) is 1. The van der Waals surface area contributed by atoms with Crippen LogP contribution in [0.4, 0.5) is 5.69 Å². The van der Waals surface area contributed by atoms with Crippen molar-refractivity contribution in [2.45, 2.75) is 0 Å². The average molecular weight is 384 g/mol. The summed E-state index contributed by atoms with van der Waals surface area (Å²) in [7, 11) is 0. The summed E-state index contributed by atoms with van der Waals surface area (Å²) in [4.78, 5) is 33.3. The predicted octanol–water partition coefficient (Wildman–Crippen LogP) is 2.37. The van der Waals surface area contributed by atoms with E-state index in [2.05, 4.69) is 15.5 Å². The molecule has 1 aliphatic rings. The van der Waals surface area contributed by atoms with Crippen LogP contribution in [0.25, 0.3) is 0 Å². The van der Waals surface area contributed by atoms with Gasteiger partial charge >= 0.3 is 5.97 Å². The molecule has 27 heavy (non-hydrogen) atoms. The SMILES string of the molecule is O=C1CSC(=N/N=C/c2ccc(OC(=O)c3cccc([N+](=O)[O-])c3)cc2)N1. The number of nitrogens with zero attached hydrogens (tertiary/aromatic N) is 3. The van der Waals surface area contributed by atoms with Gasteiger partial charge in [0.15, 0.2) is 5.17 Å². The minimum Gasteiger partial charge on any atom is -0.423 e. The van der Waals surface area contributed by atoms with Crippen LogP contribution >= 0.6 is 11.8 Å². The minimum atomic E-state index is -0.694. The fourth-order valence-electron chi connectivity index (χ4n) is 2.06. The van der Waals surface area contributed by atoms with Crippen LogP contribution in [0.3, 0.4) is 0 Å². The van der Waals surface area contributed by atoms with Gasteiger partial charge in [-0.2, -0.15) is 5.10 Å². The molecule has 10 heteroatoms. The number of carbonyl (C=O) groups excluding carboxylic acids is 2. The number of benzene rings is 2. The molecule has 9 nitrogen and oxygen atoms in total. The Balaban J connectivity index is 1.62. The van der Waals surface area contributed by atoms with Gasteiger partial charge in [0, 0.05) is 12.1 Å². The van der Waals surface area contributed by atoms with Gasteiger partial charge in [0.25, 0.3) is 5.69 Å². The van der Waals surface area contributed by atoms with Crippen LogP contribution in [0, 0.1) is 10.1 Å². The summed E-state index contributed by atoms with van der Waals surface area (Å²) in [5, 5.41) is 21.5. The number of hydrogen-bond acceptors (Lipinski definition) is 8. The Hall–Kier alpha value is -3.53. The summed E-state index contributed by atoms with van der Waals surface area (Å²) in [6.07, 6.45) is 1.49. The molecule has 0 atom stereocenters. The molecule has 0 aromatic heterocycles. The van der Waals surface area contributed by atoms with Crippen LogP contribution in [-0.4, -0.2) is 33.9 Å². The predicted molar refractivity (Wildman–Crippen MR) is 100 cm³/mol. The molecule has 1 N–H and O–H groups in total. The van der Waals surface area contributed by atoms with Gasteiger partial charge in [-0.05, 0) is 35.9 Å². The van der Waals surface area contributed by atoms with Gasteiger partial charge in [0.2, 0.25) is 5.91 Å². The summed E-state index contributed by atoms with van der Waals surface area (Å²) in [5.41, 5.74) is 0.611. The molecule has 2 aromatic rings. The number of carbonyl (C=O) groups is 2. The molecule has 2 aromatic carbocycles. The molecule has 1 amide bonds. The molecule has 0 radical (unpaired) electrons. The third-order valence-corrected chi connectivity index (χ3v) is 4.19. The molecule has 0 unspecified atom stereocenters. The zero-order valence-corrected chi connectivity index (χ0v) is 14.5. The normalized spacial score (nSPS) is 15.1. The largest absolute Gasteiger partial charge is 0.423 e. The van der Waals surface area contributed by atoms with Crippen molar-refractivity contribution in [3.05, 3.63) is 69.8 Å². The number of rotatable bonds is 5. The monoisotopic (exact) mass is 384 g/mol. The number of non-ortho nitro benzene ring substituents is 1. The summed E-state index contributed by atoms with van der Waals surface area (Å²) >= 11 is 1.27. The van der Waals surface area contributed by atoms with Crippen molar-refractivity contribution in [1.29, 1.82) is 0 Å². The number of esters is 1. The van der Waals surface area contributed by atoms with Crippen molar-refractivity contribution in [2.24, 2.45) is 10.2 Å². The molecule has 1 aliphatic heterocycles. The van der Waals surface area contributed by atoms with E-state index in [4.69, 9.17) is 4.74 Å². The number of amides is 1. The first-order chi connectivity index (χ1) is 13.0. The van der Waals surface area contributed by atoms with Crippen molar-refractivity contribution in [2.75, 3.05) is 5.75 Å². The van der Waals surface area contributed by atoms with E-state index in [0.717, 1.165) is 6.07 Å². The quantitative estimate of drug-likeness (QED) is 0.277. The molecular formula is C17H12N4O5S. The van der Waals surface area contributed by atoms with Crippen LogP contribution in [0.2, 0.25) is 0 Å². The Kier molecular flexibility index (Phi) is 5.57. The van der Waals surface area contributed by atoms with Gasteiger partial charge in [-0.1, -0.05) is 17.8 Å². The summed E-state index contributed by atoms with van der Waals surface area (Å²) in [5.74, 6) is -0.183. The van der Waals surface area contributed by atoms with E-state index < -0.39 is 10.9 Å². The molecular weight excluding hydrogens is 372 g/mol. The maximum absolute atomic E-state index is 12.1. The van der Waals surface area contributed by atoms with Gasteiger partial charge < -0.3 is 10.1 Å².